The van der Waals surface area contributed by atoms with Crippen LogP contribution in [0.3, 0.4) is 0 Å². The minimum absolute atomic E-state index is 0.0233. The molecule has 0 bridgehead atoms. The molecule has 134 valence electrons. The number of benzene rings is 1. The summed E-state index contributed by atoms with van der Waals surface area (Å²) in [6.45, 7) is 1.17. The third-order valence-electron chi connectivity index (χ3n) is 5.89. The number of fused-ring (bicyclic) bond motifs is 2. The Hall–Kier alpha value is -2.31. The Balaban J connectivity index is 1.49. The molecule has 25 heavy (non-hydrogen) atoms. The number of ether oxygens (including phenoxy) is 1. The summed E-state index contributed by atoms with van der Waals surface area (Å²) < 4.78 is 19.1. The Kier molecular flexibility index (Phi) is 3.81. The molecule has 4 rings (SSSR count). The molecule has 2 N–H and O–H groups in total. The van der Waals surface area contributed by atoms with Crippen molar-refractivity contribution in [1.29, 1.82) is 0 Å². The van der Waals surface area contributed by atoms with Crippen LogP contribution in [-0.2, 0) is 4.79 Å². The lowest BCUT2D eigenvalue weighted by Crippen LogP contribution is -2.43. The van der Waals surface area contributed by atoms with Gasteiger partial charge in [0, 0.05) is 25.1 Å². The summed E-state index contributed by atoms with van der Waals surface area (Å²) >= 11 is 0. The van der Waals surface area contributed by atoms with Gasteiger partial charge in [-0.05, 0) is 37.0 Å². The quantitative estimate of drug-likeness (QED) is 0.861. The minimum atomic E-state index is -0.802. The largest absolute Gasteiger partial charge is 0.493 e. The maximum absolute atomic E-state index is 13.6. The van der Waals surface area contributed by atoms with E-state index in [1.807, 2.05) is 0 Å². The fourth-order valence-corrected chi connectivity index (χ4v) is 4.55. The van der Waals surface area contributed by atoms with Crippen LogP contribution in [-0.4, -0.2) is 41.7 Å². The maximum Gasteiger partial charge on any atom is 0.317 e. The third kappa shape index (κ3) is 2.62. The standard InChI is InChI=1S/C18H21FN2O4/c19-12-3-4-15-13(8-12)14(5-7-25-15)20-17(24)21-9-11-2-1-6-18(11,10-21)16(22)23/h3-4,8,11,14H,1-2,5-7,9-10H2,(H,20,24)(H,22,23)/t11-,14?,18+/m0/s1. The van der Waals surface area contributed by atoms with Gasteiger partial charge in [0.1, 0.15) is 11.6 Å². The molecule has 1 unspecified atom stereocenters. The van der Waals surface area contributed by atoms with Crippen LogP contribution < -0.4 is 10.1 Å². The van der Waals surface area contributed by atoms with Crippen molar-refractivity contribution in [1.82, 2.24) is 10.2 Å². The second-order valence-corrected chi connectivity index (χ2v) is 7.25. The van der Waals surface area contributed by atoms with E-state index in [0.717, 1.165) is 12.8 Å². The molecule has 2 heterocycles. The number of carbonyl (C=O) groups is 2. The molecule has 1 aromatic carbocycles. The number of hydrogen-bond donors (Lipinski definition) is 2. The van der Waals surface area contributed by atoms with Gasteiger partial charge in [0.2, 0.25) is 0 Å². The minimum Gasteiger partial charge on any atom is -0.493 e. The van der Waals surface area contributed by atoms with Gasteiger partial charge in [-0.15, -0.1) is 0 Å². The van der Waals surface area contributed by atoms with Crippen LogP contribution in [0.25, 0.3) is 0 Å². The van der Waals surface area contributed by atoms with Crippen LogP contribution in [0.2, 0.25) is 0 Å². The predicted octanol–water partition coefficient (Wildman–Crippen LogP) is 2.55. The molecule has 0 aromatic heterocycles. The monoisotopic (exact) mass is 348 g/mol. The SMILES string of the molecule is O=C(NC1CCOc2ccc(F)cc21)N1C[C@@H]2CCC[C@@]2(C(=O)O)C1. The molecule has 1 aromatic rings. The summed E-state index contributed by atoms with van der Waals surface area (Å²) in [5.74, 6) is -0.568. The number of nitrogens with zero attached hydrogens (tertiary/aromatic N) is 1. The molecule has 1 saturated carbocycles. The lowest BCUT2D eigenvalue weighted by Gasteiger charge is -2.29. The van der Waals surface area contributed by atoms with Gasteiger partial charge < -0.3 is 20.1 Å². The van der Waals surface area contributed by atoms with E-state index in [2.05, 4.69) is 5.32 Å². The van der Waals surface area contributed by atoms with E-state index in [4.69, 9.17) is 4.74 Å². The van der Waals surface area contributed by atoms with Crippen LogP contribution in [0.15, 0.2) is 18.2 Å². The zero-order valence-corrected chi connectivity index (χ0v) is 13.8. The number of likely N-dealkylation sites (tertiary alicyclic amines) is 1. The van der Waals surface area contributed by atoms with Gasteiger partial charge in [-0.1, -0.05) is 6.42 Å². The zero-order chi connectivity index (χ0) is 17.6. The molecule has 1 saturated heterocycles. The van der Waals surface area contributed by atoms with Crippen LogP contribution in [0.5, 0.6) is 5.75 Å². The number of halogens is 1. The van der Waals surface area contributed by atoms with Crippen molar-refractivity contribution >= 4 is 12.0 Å². The molecular weight excluding hydrogens is 327 g/mol. The number of carbonyl (C=O) groups excluding carboxylic acids is 1. The fraction of sp³-hybridized carbons (Fsp3) is 0.556. The van der Waals surface area contributed by atoms with Crippen LogP contribution >= 0.6 is 0 Å². The van der Waals surface area contributed by atoms with Crippen molar-refractivity contribution in [2.75, 3.05) is 19.7 Å². The average Bonchev–Trinajstić information content (AvgIpc) is 3.13. The Morgan fingerprint density at radius 3 is 2.96 bits per heavy atom. The Morgan fingerprint density at radius 1 is 1.36 bits per heavy atom. The molecule has 3 aliphatic rings. The average molecular weight is 348 g/mol. The molecule has 2 amide bonds. The van der Waals surface area contributed by atoms with Crippen molar-refractivity contribution < 1.29 is 23.8 Å². The van der Waals surface area contributed by atoms with Gasteiger partial charge in [-0.2, -0.15) is 0 Å². The summed E-state index contributed by atoms with van der Waals surface area (Å²) in [4.78, 5) is 26.0. The lowest BCUT2D eigenvalue weighted by atomic mass is 9.81. The number of rotatable bonds is 2. The predicted molar refractivity (Wildman–Crippen MR) is 86.8 cm³/mol. The molecule has 3 atom stereocenters. The Bertz CT molecular complexity index is 725. The Morgan fingerprint density at radius 2 is 2.20 bits per heavy atom. The highest BCUT2D eigenvalue weighted by atomic mass is 19.1. The van der Waals surface area contributed by atoms with E-state index >= 15 is 0 Å². The van der Waals surface area contributed by atoms with E-state index in [9.17, 15) is 19.1 Å². The van der Waals surface area contributed by atoms with Crippen LogP contribution in [0.1, 0.15) is 37.3 Å². The molecule has 7 heteroatoms. The van der Waals surface area contributed by atoms with Gasteiger partial charge in [0.25, 0.3) is 0 Å². The normalized spacial score (nSPS) is 30.4. The van der Waals surface area contributed by atoms with E-state index in [1.165, 1.54) is 12.1 Å². The summed E-state index contributed by atoms with van der Waals surface area (Å²) in [6.07, 6.45) is 2.94. The highest BCUT2D eigenvalue weighted by molar-refractivity contribution is 5.81. The molecule has 0 radical (unpaired) electrons. The van der Waals surface area contributed by atoms with Gasteiger partial charge >= 0.3 is 12.0 Å². The van der Waals surface area contributed by atoms with Gasteiger partial charge in [0.15, 0.2) is 0 Å². The fourth-order valence-electron chi connectivity index (χ4n) is 4.55. The van der Waals surface area contributed by atoms with E-state index in [1.54, 1.807) is 11.0 Å². The molecule has 1 aliphatic carbocycles. The van der Waals surface area contributed by atoms with Crippen molar-refractivity contribution in [3.63, 3.8) is 0 Å². The number of urea groups is 1. The maximum atomic E-state index is 13.6. The number of amides is 2. The van der Waals surface area contributed by atoms with E-state index in [0.29, 0.717) is 37.3 Å². The van der Waals surface area contributed by atoms with Gasteiger partial charge in [-0.3, -0.25) is 4.79 Å². The number of aliphatic carboxylic acids is 1. The summed E-state index contributed by atoms with van der Waals surface area (Å²) in [5, 5.41) is 12.6. The van der Waals surface area contributed by atoms with Crippen LogP contribution in [0.4, 0.5) is 9.18 Å². The Labute approximate surface area is 144 Å². The molecule has 6 nitrogen and oxygen atoms in total. The van der Waals surface area contributed by atoms with Crippen molar-refractivity contribution in [3.8, 4) is 5.75 Å². The van der Waals surface area contributed by atoms with Gasteiger partial charge in [-0.25, -0.2) is 9.18 Å². The first kappa shape index (κ1) is 16.2. The van der Waals surface area contributed by atoms with Crippen molar-refractivity contribution in [3.05, 3.63) is 29.6 Å². The summed E-state index contributed by atoms with van der Waals surface area (Å²) in [7, 11) is 0. The summed E-state index contributed by atoms with van der Waals surface area (Å²) in [5.41, 5.74) is -0.163. The van der Waals surface area contributed by atoms with E-state index in [-0.39, 0.29) is 30.4 Å². The summed E-state index contributed by atoms with van der Waals surface area (Å²) in [6, 6.07) is 3.69. The van der Waals surface area contributed by atoms with Crippen LogP contribution in [0, 0.1) is 17.2 Å². The number of nitrogens with one attached hydrogen (secondary N) is 1. The third-order valence-corrected chi connectivity index (χ3v) is 5.89. The smallest absolute Gasteiger partial charge is 0.317 e. The number of hydrogen-bond acceptors (Lipinski definition) is 3. The molecular formula is C18H21FN2O4. The second-order valence-electron chi connectivity index (χ2n) is 7.25. The highest BCUT2D eigenvalue weighted by Gasteiger charge is 2.55. The first-order valence-corrected chi connectivity index (χ1v) is 8.71. The van der Waals surface area contributed by atoms with Crippen molar-refractivity contribution in [2.24, 2.45) is 11.3 Å². The lowest BCUT2D eigenvalue weighted by molar-refractivity contribution is -0.149. The molecule has 0 spiro atoms. The van der Waals surface area contributed by atoms with E-state index < -0.39 is 11.4 Å². The first-order chi connectivity index (χ1) is 12.0. The first-order valence-electron chi connectivity index (χ1n) is 8.71. The zero-order valence-electron chi connectivity index (χ0n) is 13.8. The number of carboxylic acid groups (broad SMARTS) is 1. The topological polar surface area (TPSA) is 78.9 Å². The molecule has 2 fully saturated rings. The second kappa shape index (κ2) is 5.89. The van der Waals surface area contributed by atoms with Gasteiger partial charge in [0.05, 0.1) is 18.1 Å². The molecule has 2 aliphatic heterocycles. The van der Waals surface area contributed by atoms with Crippen molar-refractivity contribution in [2.45, 2.75) is 31.7 Å². The highest BCUT2D eigenvalue weighted by Crippen LogP contribution is 2.49. The number of carboxylic acids is 1.